The number of hydrogen-bond donors (Lipinski definition) is 0. The molecule has 0 saturated carbocycles. The van der Waals surface area contributed by atoms with Gasteiger partial charge in [-0.15, -0.1) is 0 Å². The van der Waals surface area contributed by atoms with Crippen LogP contribution in [0.3, 0.4) is 0 Å². The van der Waals surface area contributed by atoms with Crippen LogP contribution in [-0.2, 0) is 44.1 Å². The van der Waals surface area contributed by atoms with E-state index in [2.05, 4.69) is 193 Å². The van der Waals surface area contributed by atoms with E-state index in [0.717, 1.165) is 83.4 Å². The third-order valence-electron chi connectivity index (χ3n) is 18.4. The molecule has 0 spiro atoms. The van der Waals surface area contributed by atoms with Gasteiger partial charge >= 0.3 is 6.18 Å². The van der Waals surface area contributed by atoms with Crippen molar-refractivity contribution < 1.29 is 13.2 Å². The Morgan fingerprint density at radius 3 is 1.62 bits per heavy atom. The van der Waals surface area contributed by atoms with E-state index in [1.807, 2.05) is 11.3 Å². The van der Waals surface area contributed by atoms with Crippen molar-refractivity contribution in [3.8, 4) is 11.1 Å². The Balaban J connectivity index is 1.36. The van der Waals surface area contributed by atoms with Crippen LogP contribution in [0.15, 0.2) is 84.9 Å². The number of alkyl halides is 3. The van der Waals surface area contributed by atoms with Crippen molar-refractivity contribution in [2.75, 3.05) is 9.80 Å². The summed E-state index contributed by atoms with van der Waals surface area (Å²) in [5.74, 6) is 0. The average molecular weight is 971 g/mol. The topological polar surface area (TPSA) is 6.48 Å². The zero-order valence-electron chi connectivity index (χ0n) is 45.3. The highest BCUT2D eigenvalue weighted by Gasteiger charge is 2.54. The monoisotopic (exact) mass is 971 g/mol. The molecule has 0 saturated heterocycles. The largest absolute Gasteiger partial charge is 0.416 e. The third kappa shape index (κ3) is 7.21. The fraction of sp³-hybridized carbons (Fsp3) is 0.469. The van der Waals surface area contributed by atoms with Crippen molar-refractivity contribution in [3.05, 3.63) is 134 Å². The second-order valence-corrected chi connectivity index (χ2v) is 28.4. The summed E-state index contributed by atoms with van der Waals surface area (Å²) in [6.07, 6.45) is 1.48. The molecule has 6 aromatic rings. The Morgan fingerprint density at radius 1 is 0.507 bits per heavy atom. The summed E-state index contributed by atoms with van der Waals surface area (Å²) in [5.41, 5.74) is 16.6. The first-order valence-corrected chi connectivity index (χ1v) is 27.2. The molecule has 5 aromatic carbocycles. The van der Waals surface area contributed by atoms with Crippen LogP contribution in [0.2, 0.25) is 0 Å². The van der Waals surface area contributed by atoms with Crippen molar-refractivity contribution in [3.63, 3.8) is 0 Å². The molecular formula is C64H74BF3N2S. The second-order valence-electron chi connectivity index (χ2n) is 27.3. The Bertz CT molecular complexity index is 3210. The average Bonchev–Trinajstić information content (AvgIpc) is 3.71. The number of halogens is 3. The van der Waals surface area contributed by atoms with Gasteiger partial charge in [0, 0.05) is 38.0 Å². The first kappa shape index (κ1) is 48.5. The molecule has 2 nitrogen and oxygen atoms in total. The molecule has 0 amide bonds. The first-order valence-electron chi connectivity index (χ1n) is 26.4. The summed E-state index contributed by atoms with van der Waals surface area (Å²) in [6.45, 7) is 37.0. The van der Waals surface area contributed by atoms with E-state index in [1.165, 1.54) is 54.6 Å². The van der Waals surface area contributed by atoms with E-state index in [9.17, 15) is 0 Å². The lowest BCUT2D eigenvalue weighted by atomic mass is 9.35. The Hall–Kier alpha value is -4.75. The van der Waals surface area contributed by atoms with Crippen molar-refractivity contribution >= 4 is 67.9 Å². The quantitative estimate of drug-likeness (QED) is 0.163. The van der Waals surface area contributed by atoms with Gasteiger partial charge in [0.15, 0.2) is 0 Å². The van der Waals surface area contributed by atoms with Crippen molar-refractivity contribution in [2.45, 2.75) is 193 Å². The van der Waals surface area contributed by atoms with Gasteiger partial charge in [-0.2, -0.15) is 24.5 Å². The van der Waals surface area contributed by atoms with Crippen LogP contribution in [0, 0.1) is 6.92 Å². The van der Waals surface area contributed by atoms with E-state index in [-0.39, 0.29) is 44.6 Å². The Labute approximate surface area is 427 Å². The minimum Gasteiger partial charge on any atom is -0.310 e. The van der Waals surface area contributed by atoms with E-state index in [0.29, 0.717) is 11.4 Å². The van der Waals surface area contributed by atoms with Gasteiger partial charge in [0.25, 0.3) is 6.71 Å². The molecule has 1 aromatic heterocycles. The van der Waals surface area contributed by atoms with E-state index in [1.54, 1.807) is 6.07 Å². The summed E-state index contributed by atoms with van der Waals surface area (Å²) < 4.78 is 50.3. The predicted molar refractivity (Wildman–Crippen MR) is 298 cm³/mol. The first-order chi connectivity index (χ1) is 32.9. The lowest BCUT2D eigenvalue weighted by Gasteiger charge is -2.50. The van der Waals surface area contributed by atoms with Crippen LogP contribution >= 0.6 is 11.3 Å². The van der Waals surface area contributed by atoms with Crippen molar-refractivity contribution in [1.29, 1.82) is 0 Å². The highest BCUT2D eigenvalue weighted by atomic mass is 32.1. The molecule has 0 atom stereocenters. The normalized spacial score (nSPS) is 20.6. The van der Waals surface area contributed by atoms with Gasteiger partial charge < -0.3 is 9.80 Å². The molecule has 3 aliphatic carbocycles. The molecule has 370 valence electrons. The number of nitrogens with zero attached hydrogens (tertiary/aromatic N) is 2. The zero-order chi connectivity index (χ0) is 51.1. The van der Waals surface area contributed by atoms with Gasteiger partial charge in [-0.3, -0.25) is 0 Å². The second kappa shape index (κ2) is 15.2. The number of thiophene rings is 1. The van der Waals surface area contributed by atoms with Gasteiger partial charge in [0.1, 0.15) is 0 Å². The SMILES string of the molecule is Cc1cc(C(C)(C)C)ccc1N1c2cc(C(F)(F)F)cc3c2B(c2ccc4c(c2N3c2cc3c(cc2-c2ccccc2)C(C)(C)CCC3(C)C)C(C)(C)CCC4(C)C)c2sc3c(c21)C(C)(C)CCC3(C)C. The molecule has 7 heteroatoms. The van der Waals surface area contributed by atoms with E-state index >= 15 is 13.2 Å². The summed E-state index contributed by atoms with van der Waals surface area (Å²) in [5, 5.41) is 0. The number of fused-ring (bicyclic) bond motifs is 9. The lowest BCUT2D eigenvalue weighted by Crippen LogP contribution is -2.61. The molecule has 0 N–H and O–H groups in total. The van der Waals surface area contributed by atoms with Gasteiger partial charge in [-0.1, -0.05) is 158 Å². The van der Waals surface area contributed by atoms with Gasteiger partial charge in [0.2, 0.25) is 0 Å². The number of aryl methyl sites for hydroxylation is 1. The molecule has 0 bridgehead atoms. The summed E-state index contributed by atoms with van der Waals surface area (Å²) in [4.78, 5) is 6.06. The zero-order valence-corrected chi connectivity index (χ0v) is 46.2. The minimum absolute atomic E-state index is 0.0878. The minimum atomic E-state index is -4.62. The van der Waals surface area contributed by atoms with Crippen LogP contribution < -0.4 is 25.5 Å². The van der Waals surface area contributed by atoms with E-state index < -0.39 is 11.7 Å². The van der Waals surface area contributed by atoms with Crippen molar-refractivity contribution in [1.82, 2.24) is 0 Å². The van der Waals surface area contributed by atoms with Crippen LogP contribution in [0.1, 0.15) is 192 Å². The molecule has 11 rings (SSSR count). The smallest absolute Gasteiger partial charge is 0.310 e. The van der Waals surface area contributed by atoms with Crippen LogP contribution in [-0.4, -0.2) is 6.71 Å². The van der Waals surface area contributed by atoms with Crippen LogP contribution in [0.4, 0.5) is 47.3 Å². The standard InChI is InChI=1S/C64H74BF3N2S/c1-37-32-39(57(2,3)4)22-25-46(37)69-48-33-40(64(66,67)68)34-49-52(48)65(56-54(69)51-55(71-56)63(15,16)31-30-62(51,13)14)45-24-23-42-50(61(11,12)29-28-58(42,5)6)53(45)70(49)47-36-44-43(59(7,8)26-27-60(44,9)10)35-41(47)38-20-18-17-19-21-38/h17-25,32-36H,26-31H2,1-16H3. The molecular weight excluding hydrogens is 897 g/mol. The molecule has 0 fully saturated rings. The van der Waals surface area contributed by atoms with Crippen LogP contribution in [0.5, 0.6) is 0 Å². The fourth-order valence-electron chi connectivity index (χ4n) is 13.7. The van der Waals surface area contributed by atoms with Gasteiger partial charge in [-0.05, 0) is 169 Å². The van der Waals surface area contributed by atoms with Gasteiger partial charge in [0.05, 0.1) is 16.9 Å². The maximum atomic E-state index is 16.4. The Kier molecular flexibility index (Phi) is 10.4. The van der Waals surface area contributed by atoms with Crippen molar-refractivity contribution in [2.24, 2.45) is 0 Å². The molecule has 5 aliphatic rings. The predicted octanol–water partition coefficient (Wildman–Crippen LogP) is 17.2. The molecule has 0 radical (unpaired) electrons. The maximum absolute atomic E-state index is 16.4. The highest BCUT2D eigenvalue weighted by Crippen LogP contribution is 2.60. The van der Waals surface area contributed by atoms with Crippen LogP contribution in [0.25, 0.3) is 11.1 Å². The fourth-order valence-corrected chi connectivity index (χ4v) is 15.4. The van der Waals surface area contributed by atoms with E-state index in [4.69, 9.17) is 0 Å². The maximum Gasteiger partial charge on any atom is 0.416 e. The highest BCUT2D eigenvalue weighted by molar-refractivity contribution is 7.29. The molecule has 0 unspecified atom stereocenters. The lowest BCUT2D eigenvalue weighted by molar-refractivity contribution is -0.137. The molecule has 71 heavy (non-hydrogen) atoms. The number of hydrogen-bond acceptors (Lipinski definition) is 3. The third-order valence-corrected chi connectivity index (χ3v) is 20.0. The summed E-state index contributed by atoms with van der Waals surface area (Å²) in [6, 6.07) is 30.1. The number of anilines is 6. The molecule has 3 heterocycles. The number of rotatable bonds is 3. The Morgan fingerprint density at radius 2 is 1.04 bits per heavy atom. The summed E-state index contributed by atoms with van der Waals surface area (Å²) in [7, 11) is 0. The summed E-state index contributed by atoms with van der Waals surface area (Å²) >= 11 is 1.94. The number of benzene rings is 5. The molecule has 2 aliphatic heterocycles. The van der Waals surface area contributed by atoms with Gasteiger partial charge in [-0.25, -0.2) is 0 Å².